The second kappa shape index (κ2) is 8.50. The zero-order valence-corrected chi connectivity index (χ0v) is 19.1. The molecule has 6 heteroatoms. The molecule has 2 fully saturated rings. The highest BCUT2D eigenvalue weighted by Gasteiger charge is 2.42. The zero-order valence-electron chi connectivity index (χ0n) is 18.3. The topological polar surface area (TPSA) is 46.2 Å². The lowest BCUT2D eigenvalue weighted by Crippen LogP contribution is -2.29. The summed E-state index contributed by atoms with van der Waals surface area (Å²) in [7, 11) is 0. The lowest BCUT2D eigenvalue weighted by molar-refractivity contribution is 0.284. The first-order chi connectivity index (χ1) is 15.1. The van der Waals surface area contributed by atoms with Gasteiger partial charge in [-0.25, -0.2) is 0 Å². The molecule has 5 rings (SSSR count). The Morgan fingerprint density at radius 3 is 2.68 bits per heavy atom. The van der Waals surface area contributed by atoms with Crippen LogP contribution in [0.4, 0.5) is 0 Å². The maximum absolute atomic E-state index is 5.81. The van der Waals surface area contributed by atoms with E-state index in [2.05, 4.69) is 45.7 Å². The molecule has 5 nitrogen and oxygen atoms in total. The molecule has 2 aliphatic rings. The van der Waals surface area contributed by atoms with Gasteiger partial charge in [0.25, 0.3) is 0 Å². The van der Waals surface area contributed by atoms with Gasteiger partial charge in [0.1, 0.15) is 5.76 Å². The molecular weight excluding hydrogens is 404 g/mol. The summed E-state index contributed by atoms with van der Waals surface area (Å²) in [6.45, 7) is 5.16. The Kier molecular flexibility index (Phi) is 5.57. The molecule has 0 bridgehead atoms. The Balaban J connectivity index is 1.57. The van der Waals surface area contributed by atoms with E-state index < -0.39 is 0 Å². The molecule has 1 aliphatic heterocycles. The Labute approximate surface area is 189 Å². The molecule has 1 saturated carbocycles. The molecule has 1 N–H and O–H groups in total. The van der Waals surface area contributed by atoms with Gasteiger partial charge in [-0.3, -0.25) is 4.98 Å². The maximum atomic E-state index is 5.81. The zero-order chi connectivity index (χ0) is 21.4. The fourth-order valence-electron chi connectivity index (χ4n) is 5.49. The second-order valence-electron chi connectivity index (χ2n) is 8.82. The number of rotatable bonds is 5. The van der Waals surface area contributed by atoms with E-state index in [1.807, 2.05) is 30.5 Å². The van der Waals surface area contributed by atoms with Gasteiger partial charge in [-0.1, -0.05) is 25.3 Å². The second-order valence-corrected chi connectivity index (χ2v) is 9.21. The predicted molar refractivity (Wildman–Crippen MR) is 126 cm³/mol. The lowest BCUT2D eigenvalue weighted by atomic mass is 9.94. The summed E-state index contributed by atoms with van der Waals surface area (Å²) < 4.78 is 8.25. The summed E-state index contributed by atoms with van der Waals surface area (Å²) in [6, 6.07) is 13.1. The number of aryl methyl sites for hydroxylation is 1. The molecule has 1 aliphatic carbocycles. The fraction of sp³-hybridized carbons (Fsp3) is 0.440. The van der Waals surface area contributed by atoms with Gasteiger partial charge < -0.3 is 19.2 Å². The van der Waals surface area contributed by atoms with Gasteiger partial charge >= 0.3 is 0 Å². The van der Waals surface area contributed by atoms with E-state index >= 15 is 0 Å². The van der Waals surface area contributed by atoms with Crippen LogP contribution >= 0.6 is 12.2 Å². The molecule has 2 atom stereocenters. The highest BCUT2D eigenvalue weighted by Crippen LogP contribution is 2.43. The average Bonchev–Trinajstić information content (AvgIpc) is 3.49. The fourth-order valence-corrected chi connectivity index (χ4v) is 5.79. The summed E-state index contributed by atoms with van der Waals surface area (Å²) in [5.41, 5.74) is 5.04. The minimum absolute atomic E-state index is 0.00367. The molecule has 31 heavy (non-hydrogen) atoms. The van der Waals surface area contributed by atoms with Crippen LogP contribution in [0.25, 0.3) is 0 Å². The van der Waals surface area contributed by atoms with E-state index in [1.54, 1.807) is 6.26 Å². The minimum atomic E-state index is 0.00367. The van der Waals surface area contributed by atoms with Crippen LogP contribution in [0.3, 0.4) is 0 Å². The molecule has 3 aromatic rings. The molecule has 3 aromatic heterocycles. The van der Waals surface area contributed by atoms with E-state index in [4.69, 9.17) is 16.6 Å². The van der Waals surface area contributed by atoms with Crippen LogP contribution in [-0.2, 0) is 6.54 Å². The summed E-state index contributed by atoms with van der Waals surface area (Å²) in [5, 5.41) is 4.31. The Morgan fingerprint density at radius 2 is 1.97 bits per heavy atom. The first-order valence-corrected chi connectivity index (χ1v) is 11.7. The van der Waals surface area contributed by atoms with Crippen LogP contribution in [0.5, 0.6) is 0 Å². The first-order valence-electron chi connectivity index (χ1n) is 11.3. The molecule has 162 valence electrons. The van der Waals surface area contributed by atoms with Crippen molar-refractivity contribution in [2.24, 2.45) is 0 Å². The summed E-state index contributed by atoms with van der Waals surface area (Å²) in [6.07, 6.45) is 10.1. The number of furan rings is 1. The predicted octanol–water partition coefficient (Wildman–Crippen LogP) is 5.77. The van der Waals surface area contributed by atoms with E-state index in [1.165, 1.54) is 49.1 Å². The van der Waals surface area contributed by atoms with Gasteiger partial charge in [0, 0.05) is 23.6 Å². The van der Waals surface area contributed by atoms with Gasteiger partial charge in [0.2, 0.25) is 0 Å². The summed E-state index contributed by atoms with van der Waals surface area (Å²) >= 11 is 5.81. The molecule has 0 spiro atoms. The van der Waals surface area contributed by atoms with E-state index in [-0.39, 0.29) is 12.1 Å². The van der Waals surface area contributed by atoms with Crippen molar-refractivity contribution in [2.45, 2.75) is 70.6 Å². The molecule has 1 saturated heterocycles. The van der Waals surface area contributed by atoms with Crippen molar-refractivity contribution < 1.29 is 4.42 Å². The lowest BCUT2D eigenvalue weighted by Gasteiger charge is -2.29. The molecular formula is C25H30N4OS. The van der Waals surface area contributed by atoms with Gasteiger partial charge in [-0.2, -0.15) is 0 Å². The standard InChI is InChI=1S/C25H30N4OS/c1-17-15-21(18(2)29(17)19-9-4-3-5-10-19)24-23(22-12-6-7-13-26-22)27-25(31)28(24)16-20-11-8-14-30-20/h6-8,11-15,19,23-24H,3-5,9-10,16H2,1-2H3,(H,27,31)/t23-,24-/m0/s1. The van der Waals surface area contributed by atoms with Crippen molar-refractivity contribution >= 4 is 17.3 Å². The maximum Gasteiger partial charge on any atom is 0.170 e. The largest absolute Gasteiger partial charge is 0.467 e. The Hall–Kier alpha value is -2.60. The Bertz CT molecular complexity index is 1040. The molecule has 0 unspecified atom stereocenters. The molecule has 0 aromatic carbocycles. The van der Waals surface area contributed by atoms with Crippen molar-refractivity contribution in [1.82, 2.24) is 19.8 Å². The minimum Gasteiger partial charge on any atom is -0.467 e. The van der Waals surface area contributed by atoms with Crippen LogP contribution < -0.4 is 5.32 Å². The van der Waals surface area contributed by atoms with Crippen molar-refractivity contribution in [1.29, 1.82) is 0 Å². The Morgan fingerprint density at radius 1 is 1.13 bits per heavy atom. The third-order valence-electron chi connectivity index (χ3n) is 6.89. The number of pyridine rings is 1. The smallest absolute Gasteiger partial charge is 0.170 e. The average molecular weight is 435 g/mol. The van der Waals surface area contributed by atoms with E-state index in [0.717, 1.165) is 16.6 Å². The number of aromatic nitrogens is 2. The number of nitrogens with one attached hydrogen (secondary N) is 1. The highest BCUT2D eigenvalue weighted by atomic mass is 32.1. The third kappa shape index (κ3) is 3.78. The van der Waals surface area contributed by atoms with Crippen LogP contribution in [-0.4, -0.2) is 19.6 Å². The van der Waals surface area contributed by atoms with Crippen molar-refractivity contribution in [2.75, 3.05) is 0 Å². The first kappa shape index (κ1) is 20.3. The highest BCUT2D eigenvalue weighted by molar-refractivity contribution is 7.80. The number of thiocarbonyl (C=S) groups is 1. The van der Waals surface area contributed by atoms with Crippen LogP contribution in [0.15, 0.2) is 53.3 Å². The van der Waals surface area contributed by atoms with Crippen molar-refractivity contribution in [3.05, 3.63) is 77.3 Å². The monoisotopic (exact) mass is 434 g/mol. The van der Waals surface area contributed by atoms with Crippen LogP contribution in [0, 0.1) is 13.8 Å². The van der Waals surface area contributed by atoms with Gasteiger partial charge in [0.15, 0.2) is 5.11 Å². The van der Waals surface area contributed by atoms with Crippen molar-refractivity contribution in [3.8, 4) is 0 Å². The van der Waals surface area contributed by atoms with E-state index in [0.29, 0.717) is 12.6 Å². The summed E-state index contributed by atoms with van der Waals surface area (Å²) in [5.74, 6) is 0.914. The quantitative estimate of drug-likeness (QED) is 0.517. The van der Waals surface area contributed by atoms with Gasteiger partial charge in [-0.15, -0.1) is 0 Å². The normalized spacial score (nSPS) is 22.1. The van der Waals surface area contributed by atoms with Crippen LogP contribution in [0.1, 0.15) is 78.6 Å². The number of hydrogen-bond donors (Lipinski definition) is 1. The van der Waals surface area contributed by atoms with Gasteiger partial charge in [0.05, 0.1) is 30.6 Å². The van der Waals surface area contributed by atoms with E-state index in [9.17, 15) is 0 Å². The molecule has 0 amide bonds. The molecule has 4 heterocycles. The van der Waals surface area contributed by atoms with Crippen LogP contribution in [0.2, 0.25) is 0 Å². The van der Waals surface area contributed by atoms with Crippen molar-refractivity contribution in [3.63, 3.8) is 0 Å². The SMILES string of the molecule is Cc1cc([C@H]2[C@H](c3ccccn3)NC(=S)N2Cc2ccco2)c(C)n1C1CCCCC1. The number of hydrogen-bond acceptors (Lipinski definition) is 3. The summed E-state index contributed by atoms with van der Waals surface area (Å²) in [4.78, 5) is 6.94. The van der Waals surface area contributed by atoms with Gasteiger partial charge in [-0.05, 0) is 74.8 Å². The third-order valence-corrected chi connectivity index (χ3v) is 7.24. The molecule has 0 radical (unpaired) electrons. The number of nitrogens with zero attached hydrogens (tertiary/aromatic N) is 3.